The molecule has 2 rings (SSSR count). The number of benzene rings is 2. The first-order valence-corrected chi connectivity index (χ1v) is 7.43. The molecule has 2 aromatic carbocycles. The molecule has 0 bridgehead atoms. The third-order valence-corrected chi connectivity index (χ3v) is 3.40. The average molecular weight is 366 g/mol. The van der Waals surface area contributed by atoms with Crippen LogP contribution in [0, 0.1) is 0 Å². The Labute approximate surface area is 137 Å². The van der Waals surface area contributed by atoms with Gasteiger partial charge < -0.3 is 19.9 Å². The van der Waals surface area contributed by atoms with Crippen molar-refractivity contribution < 1.29 is 19.4 Å². The third kappa shape index (κ3) is 4.39. The summed E-state index contributed by atoms with van der Waals surface area (Å²) in [5.41, 5.74) is 0.197. The third-order valence-electron chi connectivity index (χ3n) is 2.90. The van der Waals surface area contributed by atoms with E-state index in [1.54, 1.807) is 6.07 Å². The van der Waals surface area contributed by atoms with Gasteiger partial charge in [0.15, 0.2) is 0 Å². The van der Waals surface area contributed by atoms with E-state index in [0.29, 0.717) is 18.9 Å². The van der Waals surface area contributed by atoms with Crippen LogP contribution in [-0.2, 0) is 0 Å². The lowest BCUT2D eigenvalue weighted by Gasteiger charge is -2.09. The fraction of sp³-hybridized carbons (Fsp3) is 0.188. The van der Waals surface area contributed by atoms with Crippen LogP contribution in [0.1, 0.15) is 10.4 Å². The van der Waals surface area contributed by atoms with Crippen molar-refractivity contribution in [2.24, 2.45) is 0 Å². The molecule has 2 N–H and O–H groups in total. The maximum Gasteiger partial charge on any atom is 0.255 e. The molecule has 0 aliphatic heterocycles. The summed E-state index contributed by atoms with van der Waals surface area (Å²) >= 11 is 3.36. The Hall–Kier alpha value is -2.21. The van der Waals surface area contributed by atoms with Gasteiger partial charge in [0.2, 0.25) is 0 Å². The highest BCUT2D eigenvalue weighted by atomic mass is 79.9. The summed E-state index contributed by atoms with van der Waals surface area (Å²) < 4.78 is 11.4. The van der Waals surface area contributed by atoms with Gasteiger partial charge in [0, 0.05) is 10.5 Å². The molecule has 5 nitrogen and oxygen atoms in total. The molecule has 0 fully saturated rings. The van der Waals surface area contributed by atoms with Crippen LogP contribution in [0.3, 0.4) is 0 Å². The molecule has 0 aromatic heterocycles. The Morgan fingerprint density at radius 1 is 1.23 bits per heavy atom. The lowest BCUT2D eigenvalue weighted by molar-refractivity contribution is 0.0944. The fourth-order valence-corrected chi connectivity index (χ4v) is 2.19. The van der Waals surface area contributed by atoms with E-state index < -0.39 is 0 Å². The van der Waals surface area contributed by atoms with Gasteiger partial charge in [-0.15, -0.1) is 0 Å². The van der Waals surface area contributed by atoms with E-state index in [-0.39, 0.29) is 17.2 Å². The molecule has 0 saturated carbocycles. The minimum absolute atomic E-state index is 0.121. The molecule has 0 unspecified atom stereocenters. The number of rotatable bonds is 6. The second-order valence-corrected chi connectivity index (χ2v) is 5.36. The number of phenolic OH excluding ortho intramolecular Hbond substituents is 1. The predicted octanol–water partition coefficient (Wildman–Crippen LogP) is 2.97. The molecule has 6 heteroatoms. The Kier molecular flexibility index (Phi) is 5.66. The molecule has 0 spiro atoms. The minimum Gasteiger partial charge on any atom is -0.507 e. The average Bonchev–Trinajstić information content (AvgIpc) is 2.51. The van der Waals surface area contributed by atoms with Gasteiger partial charge in [-0.2, -0.15) is 0 Å². The summed E-state index contributed by atoms with van der Waals surface area (Å²) in [5.74, 6) is 0.728. The van der Waals surface area contributed by atoms with Crippen molar-refractivity contribution in [2.75, 3.05) is 20.3 Å². The van der Waals surface area contributed by atoms with E-state index in [2.05, 4.69) is 21.2 Å². The fourth-order valence-electron chi connectivity index (χ4n) is 1.82. The van der Waals surface area contributed by atoms with Crippen molar-refractivity contribution in [3.8, 4) is 17.2 Å². The number of hydrogen-bond donors (Lipinski definition) is 2. The molecule has 2 aromatic rings. The van der Waals surface area contributed by atoms with Gasteiger partial charge in [-0.05, 0) is 30.3 Å². The maximum atomic E-state index is 12.0. The largest absolute Gasteiger partial charge is 0.507 e. The molecule has 22 heavy (non-hydrogen) atoms. The Morgan fingerprint density at radius 2 is 2.05 bits per heavy atom. The first-order valence-electron chi connectivity index (χ1n) is 6.63. The van der Waals surface area contributed by atoms with Crippen LogP contribution in [0.25, 0.3) is 0 Å². The molecule has 1 amide bonds. The standard InChI is InChI=1S/C16H16BrNO4/c1-21-12-5-6-14(15(19)10-12)16(20)18-7-8-22-13-4-2-3-11(17)9-13/h2-6,9-10,19H,7-8H2,1H3,(H,18,20). The number of ether oxygens (including phenoxy) is 2. The number of phenols is 1. The molecular weight excluding hydrogens is 350 g/mol. The topological polar surface area (TPSA) is 67.8 Å². The summed E-state index contributed by atoms with van der Waals surface area (Å²) in [6.45, 7) is 0.663. The molecular formula is C16H16BrNO4. The molecule has 0 aliphatic carbocycles. The highest BCUT2D eigenvalue weighted by Crippen LogP contribution is 2.23. The predicted molar refractivity (Wildman–Crippen MR) is 86.6 cm³/mol. The van der Waals surface area contributed by atoms with Gasteiger partial charge in [-0.25, -0.2) is 0 Å². The van der Waals surface area contributed by atoms with Crippen LogP contribution in [0.2, 0.25) is 0 Å². The van der Waals surface area contributed by atoms with Crippen LogP contribution >= 0.6 is 15.9 Å². The number of carbonyl (C=O) groups is 1. The molecule has 116 valence electrons. The van der Waals surface area contributed by atoms with Crippen molar-refractivity contribution in [2.45, 2.75) is 0 Å². The summed E-state index contributed by atoms with van der Waals surface area (Å²) in [6, 6.07) is 12.0. The zero-order valence-electron chi connectivity index (χ0n) is 12.0. The van der Waals surface area contributed by atoms with Crippen LogP contribution < -0.4 is 14.8 Å². The Morgan fingerprint density at radius 3 is 2.73 bits per heavy atom. The van der Waals surface area contributed by atoms with Crippen molar-refractivity contribution in [3.05, 3.63) is 52.5 Å². The van der Waals surface area contributed by atoms with Crippen molar-refractivity contribution in [1.82, 2.24) is 5.32 Å². The van der Waals surface area contributed by atoms with Crippen LogP contribution in [0.4, 0.5) is 0 Å². The smallest absolute Gasteiger partial charge is 0.255 e. The lowest BCUT2D eigenvalue weighted by atomic mass is 10.2. The lowest BCUT2D eigenvalue weighted by Crippen LogP contribution is -2.28. The first-order chi connectivity index (χ1) is 10.6. The van der Waals surface area contributed by atoms with Crippen LogP contribution in [0.15, 0.2) is 46.9 Å². The van der Waals surface area contributed by atoms with Crippen molar-refractivity contribution in [1.29, 1.82) is 0 Å². The highest BCUT2D eigenvalue weighted by Gasteiger charge is 2.11. The molecule has 0 atom stereocenters. The van der Waals surface area contributed by atoms with Crippen LogP contribution in [0.5, 0.6) is 17.2 Å². The van der Waals surface area contributed by atoms with E-state index >= 15 is 0 Å². The summed E-state index contributed by atoms with van der Waals surface area (Å²) in [7, 11) is 1.49. The molecule has 0 radical (unpaired) electrons. The minimum atomic E-state index is -0.363. The maximum absolute atomic E-state index is 12.0. The number of amides is 1. The second kappa shape index (κ2) is 7.70. The van der Waals surface area contributed by atoms with Gasteiger partial charge >= 0.3 is 0 Å². The monoisotopic (exact) mass is 365 g/mol. The quantitative estimate of drug-likeness (QED) is 0.772. The zero-order valence-corrected chi connectivity index (χ0v) is 13.6. The van der Waals surface area contributed by atoms with Crippen LogP contribution in [-0.4, -0.2) is 31.3 Å². The summed E-state index contributed by atoms with van der Waals surface area (Å²) in [5, 5.41) is 12.5. The second-order valence-electron chi connectivity index (χ2n) is 4.44. The van der Waals surface area contributed by atoms with E-state index in [4.69, 9.17) is 9.47 Å². The van der Waals surface area contributed by atoms with Gasteiger partial charge in [0.05, 0.1) is 19.2 Å². The van der Waals surface area contributed by atoms with E-state index in [1.807, 2.05) is 24.3 Å². The number of nitrogens with one attached hydrogen (secondary N) is 1. The van der Waals surface area contributed by atoms with Crippen molar-refractivity contribution in [3.63, 3.8) is 0 Å². The normalized spacial score (nSPS) is 10.1. The SMILES string of the molecule is COc1ccc(C(=O)NCCOc2cccc(Br)c2)c(O)c1. The number of aromatic hydroxyl groups is 1. The Bertz CT molecular complexity index is 660. The Balaban J connectivity index is 1.83. The molecule has 0 aliphatic rings. The first kappa shape index (κ1) is 16.2. The van der Waals surface area contributed by atoms with Gasteiger partial charge in [-0.1, -0.05) is 22.0 Å². The highest BCUT2D eigenvalue weighted by molar-refractivity contribution is 9.10. The van der Waals surface area contributed by atoms with Crippen molar-refractivity contribution >= 4 is 21.8 Å². The van der Waals surface area contributed by atoms with Gasteiger partial charge in [0.1, 0.15) is 23.9 Å². The number of methoxy groups -OCH3 is 1. The number of carbonyl (C=O) groups excluding carboxylic acids is 1. The van der Waals surface area contributed by atoms with Gasteiger partial charge in [0.25, 0.3) is 5.91 Å². The number of hydrogen-bond acceptors (Lipinski definition) is 4. The van der Waals surface area contributed by atoms with E-state index in [1.165, 1.54) is 19.2 Å². The molecule has 0 saturated heterocycles. The van der Waals surface area contributed by atoms with E-state index in [9.17, 15) is 9.90 Å². The summed E-state index contributed by atoms with van der Waals surface area (Å²) in [6.07, 6.45) is 0. The zero-order chi connectivity index (χ0) is 15.9. The van der Waals surface area contributed by atoms with Gasteiger partial charge in [-0.3, -0.25) is 4.79 Å². The summed E-state index contributed by atoms with van der Waals surface area (Å²) in [4.78, 5) is 12.0. The number of halogens is 1. The van der Waals surface area contributed by atoms with E-state index in [0.717, 1.165) is 10.2 Å². The molecule has 0 heterocycles.